The molecule has 3 rings (SSSR count). The molecule has 0 saturated heterocycles. The smallest absolute Gasteiger partial charge is 0.269 e. The van der Waals surface area contributed by atoms with Crippen molar-refractivity contribution in [1.29, 1.82) is 0 Å². The SMILES string of the molecule is CN(C)S(=O)(=O)c1ccsc1-c1nc(C2(N)CCCC2)no1. The van der Waals surface area contributed by atoms with E-state index >= 15 is 0 Å². The Morgan fingerprint density at radius 1 is 1.36 bits per heavy atom. The molecule has 2 aromatic rings. The number of sulfonamides is 1. The monoisotopic (exact) mass is 342 g/mol. The van der Waals surface area contributed by atoms with Crippen molar-refractivity contribution in [1.82, 2.24) is 14.4 Å². The fraction of sp³-hybridized carbons (Fsp3) is 0.538. The Kier molecular flexibility index (Phi) is 3.84. The number of thiophene rings is 1. The van der Waals surface area contributed by atoms with E-state index in [-0.39, 0.29) is 10.8 Å². The molecule has 0 atom stereocenters. The third-order valence-electron chi connectivity index (χ3n) is 3.95. The summed E-state index contributed by atoms with van der Waals surface area (Å²) in [5.74, 6) is 0.670. The minimum absolute atomic E-state index is 0.176. The number of aromatic nitrogens is 2. The second-order valence-corrected chi connectivity index (χ2v) is 8.72. The molecule has 0 unspecified atom stereocenters. The van der Waals surface area contributed by atoms with Gasteiger partial charge in [0.15, 0.2) is 5.82 Å². The molecule has 2 N–H and O–H groups in total. The molecular formula is C13H18N4O3S2. The predicted molar refractivity (Wildman–Crippen MR) is 82.8 cm³/mol. The summed E-state index contributed by atoms with van der Waals surface area (Å²) < 4.78 is 31.1. The summed E-state index contributed by atoms with van der Waals surface area (Å²) in [6.45, 7) is 0. The zero-order valence-electron chi connectivity index (χ0n) is 12.4. The maximum atomic E-state index is 12.3. The third-order valence-corrected chi connectivity index (χ3v) is 6.84. The molecule has 1 fully saturated rings. The zero-order valence-corrected chi connectivity index (χ0v) is 14.1. The lowest BCUT2D eigenvalue weighted by molar-refractivity contribution is 0.372. The first-order valence-corrected chi connectivity index (χ1v) is 9.30. The molecule has 120 valence electrons. The summed E-state index contributed by atoms with van der Waals surface area (Å²) in [5.41, 5.74) is 5.76. The van der Waals surface area contributed by atoms with Crippen LogP contribution in [0.5, 0.6) is 0 Å². The van der Waals surface area contributed by atoms with E-state index in [1.807, 2.05) is 0 Å². The lowest BCUT2D eigenvalue weighted by Crippen LogP contribution is -2.34. The van der Waals surface area contributed by atoms with Crippen LogP contribution in [-0.4, -0.2) is 37.0 Å². The summed E-state index contributed by atoms with van der Waals surface area (Å²) in [6, 6.07) is 1.55. The largest absolute Gasteiger partial charge is 0.333 e. The van der Waals surface area contributed by atoms with Crippen LogP contribution < -0.4 is 5.73 Å². The van der Waals surface area contributed by atoms with Gasteiger partial charge in [0, 0.05) is 14.1 Å². The van der Waals surface area contributed by atoms with Crippen molar-refractivity contribution in [2.24, 2.45) is 5.73 Å². The maximum Gasteiger partial charge on any atom is 0.269 e. The number of nitrogens with two attached hydrogens (primary N) is 1. The molecule has 1 aliphatic carbocycles. The van der Waals surface area contributed by atoms with Crippen LogP contribution in [-0.2, 0) is 15.6 Å². The minimum atomic E-state index is -3.55. The van der Waals surface area contributed by atoms with E-state index in [4.69, 9.17) is 10.3 Å². The van der Waals surface area contributed by atoms with Gasteiger partial charge in [-0.1, -0.05) is 18.0 Å². The van der Waals surface area contributed by atoms with E-state index in [2.05, 4.69) is 10.1 Å². The van der Waals surface area contributed by atoms with Crippen LogP contribution in [0.4, 0.5) is 0 Å². The van der Waals surface area contributed by atoms with E-state index in [1.165, 1.54) is 25.4 Å². The second-order valence-electron chi connectivity index (χ2n) is 5.69. The lowest BCUT2D eigenvalue weighted by Gasteiger charge is -2.17. The van der Waals surface area contributed by atoms with Crippen molar-refractivity contribution in [3.8, 4) is 10.8 Å². The van der Waals surface area contributed by atoms with Crippen molar-refractivity contribution >= 4 is 21.4 Å². The van der Waals surface area contributed by atoms with E-state index < -0.39 is 15.6 Å². The van der Waals surface area contributed by atoms with E-state index in [9.17, 15) is 8.42 Å². The van der Waals surface area contributed by atoms with Crippen molar-refractivity contribution in [2.75, 3.05) is 14.1 Å². The fourth-order valence-electron chi connectivity index (χ4n) is 2.60. The highest BCUT2D eigenvalue weighted by Crippen LogP contribution is 2.37. The van der Waals surface area contributed by atoms with Gasteiger partial charge in [-0.2, -0.15) is 4.98 Å². The van der Waals surface area contributed by atoms with Gasteiger partial charge in [0.05, 0.1) is 5.54 Å². The molecule has 1 saturated carbocycles. The molecule has 1 aliphatic rings. The zero-order chi connectivity index (χ0) is 16.0. The van der Waals surface area contributed by atoms with Gasteiger partial charge in [-0.25, -0.2) is 12.7 Å². The van der Waals surface area contributed by atoms with Gasteiger partial charge in [0.2, 0.25) is 10.0 Å². The topological polar surface area (TPSA) is 102 Å². The van der Waals surface area contributed by atoms with Gasteiger partial charge in [-0.3, -0.25) is 0 Å². The molecule has 2 heterocycles. The molecule has 22 heavy (non-hydrogen) atoms. The van der Waals surface area contributed by atoms with Crippen LogP contribution in [0.1, 0.15) is 31.5 Å². The predicted octanol–water partition coefficient (Wildman–Crippen LogP) is 1.78. The van der Waals surface area contributed by atoms with Crippen LogP contribution in [0, 0.1) is 0 Å². The van der Waals surface area contributed by atoms with E-state index in [1.54, 1.807) is 11.4 Å². The van der Waals surface area contributed by atoms with Crippen LogP contribution in [0.3, 0.4) is 0 Å². The molecule has 0 spiro atoms. The van der Waals surface area contributed by atoms with Gasteiger partial charge in [-0.05, 0) is 24.3 Å². The number of hydrogen-bond donors (Lipinski definition) is 1. The Hall–Kier alpha value is -1.29. The molecule has 7 nitrogen and oxygen atoms in total. The normalized spacial score (nSPS) is 18.2. The summed E-state index contributed by atoms with van der Waals surface area (Å²) in [6.07, 6.45) is 3.72. The van der Waals surface area contributed by atoms with Crippen molar-refractivity contribution in [3.63, 3.8) is 0 Å². The number of nitrogens with zero attached hydrogens (tertiary/aromatic N) is 3. The standard InChI is InChI=1S/C13H18N4O3S2/c1-17(2)22(18,19)9-5-8-21-10(9)11-15-12(16-20-11)13(14)6-3-4-7-13/h5,8H,3-4,6-7,14H2,1-2H3. The maximum absolute atomic E-state index is 12.3. The first-order valence-electron chi connectivity index (χ1n) is 6.98. The fourth-order valence-corrected chi connectivity index (χ4v) is 4.81. The molecule has 2 aromatic heterocycles. The molecule has 0 amide bonds. The Bertz CT molecular complexity index is 773. The Labute approximate surface area is 133 Å². The molecule has 0 aromatic carbocycles. The third kappa shape index (κ3) is 2.47. The average molecular weight is 342 g/mol. The average Bonchev–Trinajstić information content (AvgIpc) is 3.18. The first kappa shape index (κ1) is 15.6. The highest BCUT2D eigenvalue weighted by atomic mass is 32.2. The Balaban J connectivity index is 2.01. The molecule has 0 bridgehead atoms. The Morgan fingerprint density at radius 3 is 2.68 bits per heavy atom. The Morgan fingerprint density at radius 2 is 2.05 bits per heavy atom. The van der Waals surface area contributed by atoms with Crippen LogP contribution in [0.15, 0.2) is 20.9 Å². The lowest BCUT2D eigenvalue weighted by atomic mass is 9.99. The quantitative estimate of drug-likeness (QED) is 0.908. The molecule has 0 radical (unpaired) electrons. The molecule has 9 heteroatoms. The van der Waals surface area contributed by atoms with E-state index in [0.717, 1.165) is 30.0 Å². The number of rotatable bonds is 4. The first-order chi connectivity index (χ1) is 10.3. The van der Waals surface area contributed by atoms with Gasteiger partial charge in [-0.15, -0.1) is 11.3 Å². The highest BCUT2D eigenvalue weighted by Gasteiger charge is 2.37. The number of hydrogen-bond acceptors (Lipinski definition) is 7. The summed E-state index contributed by atoms with van der Waals surface area (Å²) in [5, 5.41) is 5.68. The summed E-state index contributed by atoms with van der Waals surface area (Å²) in [7, 11) is -0.574. The van der Waals surface area contributed by atoms with Gasteiger partial charge in [0.1, 0.15) is 9.77 Å². The summed E-state index contributed by atoms with van der Waals surface area (Å²) >= 11 is 1.26. The van der Waals surface area contributed by atoms with Crippen molar-refractivity contribution in [2.45, 2.75) is 36.1 Å². The van der Waals surface area contributed by atoms with Crippen LogP contribution >= 0.6 is 11.3 Å². The van der Waals surface area contributed by atoms with Crippen LogP contribution in [0.25, 0.3) is 10.8 Å². The second kappa shape index (κ2) is 5.41. The van der Waals surface area contributed by atoms with Gasteiger partial charge < -0.3 is 10.3 Å². The van der Waals surface area contributed by atoms with Gasteiger partial charge in [0.25, 0.3) is 5.89 Å². The van der Waals surface area contributed by atoms with Gasteiger partial charge >= 0.3 is 0 Å². The molecule has 0 aliphatic heterocycles. The van der Waals surface area contributed by atoms with Crippen molar-refractivity contribution in [3.05, 3.63) is 17.3 Å². The molecular weight excluding hydrogens is 324 g/mol. The van der Waals surface area contributed by atoms with E-state index in [0.29, 0.717) is 10.7 Å². The van der Waals surface area contributed by atoms with Crippen molar-refractivity contribution < 1.29 is 12.9 Å². The summed E-state index contributed by atoms with van der Waals surface area (Å²) in [4.78, 5) is 4.99. The highest BCUT2D eigenvalue weighted by molar-refractivity contribution is 7.89. The van der Waals surface area contributed by atoms with Crippen LogP contribution in [0.2, 0.25) is 0 Å². The minimum Gasteiger partial charge on any atom is -0.333 e.